The van der Waals surface area contributed by atoms with Crippen molar-refractivity contribution < 1.29 is 14.3 Å². The highest BCUT2D eigenvalue weighted by atomic mass is 32.2. The first-order valence-corrected chi connectivity index (χ1v) is 11.3. The molecule has 1 saturated heterocycles. The molecule has 4 rings (SSSR count). The Bertz CT molecular complexity index is 617. The summed E-state index contributed by atoms with van der Waals surface area (Å²) in [5.74, 6) is 1.60. The average Bonchev–Trinajstić information content (AvgIpc) is 3.31. The van der Waals surface area contributed by atoms with E-state index in [2.05, 4.69) is 16.9 Å². The molecule has 0 aromatic heterocycles. The van der Waals surface area contributed by atoms with Crippen molar-refractivity contribution >= 4 is 22.8 Å². The summed E-state index contributed by atoms with van der Waals surface area (Å²) in [4.78, 5) is 17.3. The topological polar surface area (TPSA) is 59.9 Å². The number of aliphatic imine (C=N–C) groups is 1. The van der Waals surface area contributed by atoms with Gasteiger partial charge in [-0.25, -0.2) is 0 Å². The van der Waals surface area contributed by atoms with Crippen molar-refractivity contribution in [3.05, 3.63) is 12.2 Å². The van der Waals surface area contributed by atoms with Crippen molar-refractivity contribution in [1.82, 2.24) is 5.32 Å². The molecule has 4 aliphatic rings. The molecule has 0 spiro atoms. The second kappa shape index (κ2) is 8.26. The molecule has 150 valence electrons. The van der Waals surface area contributed by atoms with E-state index in [0.29, 0.717) is 25.5 Å². The lowest BCUT2D eigenvalue weighted by atomic mass is 9.95. The van der Waals surface area contributed by atoms with Gasteiger partial charge in [-0.15, -0.1) is 6.58 Å². The van der Waals surface area contributed by atoms with E-state index in [-0.39, 0.29) is 12.2 Å². The van der Waals surface area contributed by atoms with Crippen LogP contribution in [0.1, 0.15) is 64.7 Å². The van der Waals surface area contributed by atoms with Gasteiger partial charge in [0.1, 0.15) is 4.75 Å². The molecule has 0 aromatic rings. The molecule has 2 bridgehead atoms. The number of carbonyl (C=O) groups excluding carboxylic acids is 1. The molecule has 2 aliphatic carbocycles. The number of amides is 1. The number of thioether (sulfide) groups is 1. The molecule has 1 amide bonds. The zero-order chi connectivity index (χ0) is 18.9. The van der Waals surface area contributed by atoms with Crippen LogP contribution in [-0.4, -0.2) is 41.4 Å². The Balaban J connectivity index is 1.34. The van der Waals surface area contributed by atoms with Gasteiger partial charge in [-0.05, 0) is 70.1 Å². The maximum atomic E-state index is 12.9. The lowest BCUT2D eigenvalue weighted by Gasteiger charge is -2.29. The smallest absolute Gasteiger partial charge is 0.265 e. The van der Waals surface area contributed by atoms with Crippen LogP contribution in [0, 0.1) is 11.8 Å². The highest BCUT2D eigenvalue weighted by Gasteiger charge is 2.47. The highest BCUT2D eigenvalue weighted by molar-refractivity contribution is 8.16. The first-order valence-electron chi connectivity index (χ1n) is 10.5. The molecule has 2 heterocycles. The number of amidine groups is 1. The SMILES string of the molecule is C=C(C)CC1(CCOC2CCCCO2)SC(N[C@H]2C[C@@H]3CC[C@H]2C3)=NC1=O. The fourth-order valence-electron chi connectivity index (χ4n) is 5.13. The number of ether oxygens (including phenoxy) is 2. The second-order valence-corrected chi connectivity index (χ2v) is 10.2. The van der Waals surface area contributed by atoms with Gasteiger partial charge in [0.25, 0.3) is 5.91 Å². The second-order valence-electron chi connectivity index (χ2n) is 8.79. The van der Waals surface area contributed by atoms with Crippen LogP contribution in [0.4, 0.5) is 0 Å². The molecule has 3 fully saturated rings. The number of hydrogen-bond donors (Lipinski definition) is 1. The monoisotopic (exact) mass is 392 g/mol. The van der Waals surface area contributed by atoms with E-state index in [1.165, 1.54) is 25.7 Å². The van der Waals surface area contributed by atoms with Gasteiger partial charge < -0.3 is 14.8 Å². The summed E-state index contributed by atoms with van der Waals surface area (Å²) in [6.45, 7) is 7.34. The van der Waals surface area contributed by atoms with Crippen LogP contribution in [-0.2, 0) is 14.3 Å². The summed E-state index contributed by atoms with van der Waals surface area (Å²) >= 11 is 1.60. The third kappa shape index (κ3) is 4.43. The summed E-state index contributed by atoms with van der Waals surface area (Å²) in [6.07, 6.45) is 9.66. The summed E-state index contributed by atoms with van der Waals surface area (Å²) in [5.41, 5.74) is 1.01. The van der Waals surface area contributed by atoms with Crippen molar-refractivity contribution in [2.45, 2.75) is 81.8 Å². The molecule has 6 heteroatoms. The standard InChI is InChI=1S/C21H32N2O3S/c1-14(2)13-21(8-10-26-18-5-3-4-9-25-18)19(24)23-20(27-21)22-17-12-15-6-7-16(17)11-15/h15-18H,1,3-13H2,2H3,(H,22,23,24)/t15-,16+,17+,18?,21?/m1/s1. The largest absolute Gasteiger partial charge is 0.361 e. The Morgan fingerprint density at radius 1 is 1.37 bits per heavy atom. The van der Waals surface area contributed by atoms with Crippen LogP contribution in [0.25, 0.3) is 0 Å². The number of nitrogens with one attached hydrogen (secondary N) is 1. The van der Waals surface area contributed by atoms with Gasteiger partial charge in [0.05, 0.1) is 6.61 Å². The molecular weight excluding hydrogens is 360 g/mol. The third-order valence-electron chi connectivity index (χ3n) is 6.47. The first kappa shape index (κ1) is 19.5. The number of hydrogen-bond acceptors (Lipinski definition) is 5. The summed E-state index contributed by atoms with van der Waals surface area (Å²) in [7, 11) is 0. The van der Waals surface area contributed by atoms with E-state index in [9.17, 15) is 4.79 Å². The summed E-state index contributed by atoms with van der Waals surface area (Å²) < 4.78 is 11.0. The minimum Gasteiger partial charge on any atom is -0.361 e. The Hall–Kier alpha value is -0.850. The van der Waals surface area contributed by atoms with E-state index >= 15 is 0 Å². The van der Waals surface area contributed by atoms with Crippen LogP contribution in [0.15, 0.2) is 17.1 Å². The Morgan fingerprint density at radius 3 is 2.93 bits per heavy atom. The molecule has 0 aromatic carbocycles. The fraction of sp³-hybridized carbons (Fsp3) is 0.810. The van der Waals surface area contributed by atoms with Crippen LogP contribution >= 0.6 is 11.8 Å². The normalized spacial score (nSPS) is 38.3. The van der Waals surface area contributed by atoms with Gasteiger partial charge in [0, 0.05) is 12.6 Å². The molecule has 5 atom stereocenters. The zero-order valence-electron chi connectivity index (χ0n) is 16.4. The predicted octanol–water partition coefficient (Wildman–Crippen LogP) is 4.03. The fourth-order valence-corrected chi connectivity index (χ4v) is 6.48. The van der Waals surface area contributed by atoms with E-state index in [4.69, 9.17) is 9.47 Å². The average molecular weight is 393 g/mol. The summed E-state index contributed by atoms with van der Waals surface area (Å²) in [5, 5.41) is 4.42. The maximum absolute atomic E-state index is 12.9. The van der Waals surface area contributed by atoms with Gasteiger partial charge in [-0.3, -0.25) is 4.79 Å². The van der Waals surface area contributed by atoms with Gasteiger partial charge in [0.2, 0.25) is 0 Å². The zero-order valence-corrected chi connectivity index (χ0v) is 17.2. The van der Waals surface area contributed by atoms with Crippen molar-refractivity contribution in [1.29, 1.82) is 0 Å². The molecule has 2 aliphatic heterocycles. The predicted molar refractivity (Wildman–Crippen MR) is 109 cm³/mol. The van der Waals surface area contributed by atoms with Gasteiger partial charge in [-0.1, -0.05) is 23.8 Å². The molecule has 27 heavy (non-hydrogen) atoms. The van der Waals surface area contributed by atoms with Crippen LogP contribution in [0.3, 0.4) is 0 Å². The van der Waals surface area contributed by atoms with Gasteiger partial charge in [0.15, 0.2) is 11.5 Å². The Labute approximate surface area is 166 Å². The van der Waals surface area contributed by atoms with E-state index in [1.54, 1.807) is 11.8 Å². The lowest BCUT2D eigenvalue weighted by Crippen LogP contribution is -2.38. The van der Waals surface area contributed by atoms with Crippen molar-refractivity contribution in [2.75, 3.05) is 13.2 Å². The molecule has 1 N–H and O–H groups in total. The number of carbonyl (C=O) groups is 1. The van der Waals surface area contributed by atoms with Crippen LogP contribution in [0.5, 0.6) is 0 Å². The first-order chi connectivity index (χ1) is 13.0. The van der Waals surface area contributed by atoms with Crippen LogP contribution in [0.2, 0.25) is 0 Å². The molecular formula is C21H32N2O3S. The Kier molecular flexibility index (Phi) is 5.95. The van der Waals surface area contributed by atoms with Crippen LogP contribution < -0.4 is 5.32 Å². The quantitative estimate of drug-likeness (QED) is 0.663. The molecule has 2 unspecified atom stereocenters. The number of rotatable bonds is 7. The Morgan fingerprint density at radius 2 is 2.26 bits per heavy atom. The number of nitrogens with zero attached hydrogens (tertiary/aromatic N) is 1. The van der Waals surface area contributed by atoms with E-state index in [0.717, 1.165) is 48.4 Å². The maximum Gasteiger partial charge on any atom is 0.265 e. The highest BCUT2D eigenvalue weighted by Crippen LogP contribution is 2.46. The third-order valence-corrected chi connectivity index (χ3v) is 7.78. The summed E-state index contributed by atoms with van der Waals surface area (Å²) in [6, 6.07) is 0.496. The van der Waals surface area contributed by atoms with Gasteiger partial charge in [-0.2, -0.15) is 4.99 Å². The van der Waals surface area contributed by atoms with E-state index in [1.807, 2.05) is 6.92 Å². The minimum absolute atomic E-state index is 0.0330. The number of fused-ring (bicyclic) bond motifs is 2. The van der Waals surface area contributed by atoms with Gasteiger partial charge >= 0.3 is 0 Å². The minimum atomic E-state index is -0.569. The molecule has 5 nitrogen and oxygen atoms in total. The van der Waals surface area contributed by atoms with E-state index < -0.39 is 4.75 Å². The molecule has 2 saturated carbocycles. The number of allylic oxidation sites excluding steroid dienone is 1. The lowest BCUT2D eigenvalue weighted by molar-refractivity contribution is -0.164. The van der Waals surface area contributed by atoms with Crippen molar-refractivity contribution in [3.8, 4) is 0 Å². The van der Waals surface area contributed by atoms with Crippen molar-refractivity contribution in [3.63, 3.8) is 0 Å². The molecule has 0 radical (unpaired) electrons. The van der Waals surface area contributed by atoms with Crippen molar-refractivity contribution in [2.24, 2.45) is 16.8 Å².